The van der Waals surface area contributed by atoms with E-state index >= 15 is 0 Å². The van der Waals surface area contributed by atoms with Crippen LogP contribution in [0.3, 0.4) is 0 Å². The summed E-state index contributed by atoms with van der Waals surface area (Å²) in [6, 6.07) is 6.49. The highest BCUT2D eigenvalue weighted by Crippen LogP contribution is 2.26. The van der Waals surface area contributed by atoms with E-state index in [-0.39, 0.29) is 30.9 Å². The molecule has 1 N–H and O–H groups in total. The first kappa shape index (κ1) is 16.9. The lowest BCUT2D eigenvalue weighted by Gasteiger charge is -2.34. The number of aliphatic hydroxyl groups is 1. The number of carbonyl (C=O) groups is 1. The Hall–Kier alpha value is -1.46. The van der Waals surface area contributed by atoms with E-state index in [2.05, 4.69) is 0 Å². The van der Waals surface area contributed by atoms with E-state index in [1.165, 1.54) is 11.0 Å². The fraction of sp³-hybridized carbons (Fsp3) is 0.588. The monoisotopic (exact) mass is 308 g/mol. The quantitative estimate of drug-likeness (QED) is 0.905. The number of halogens is 1. The Kier molecular flexibility index (Phi) is 5.19. The molecule has 1 heterocycles. The Morgan fingerprint density at radius 1 is 1.45 bits per heavy atom. The average molecular weight is 308 g/mol. The Balaban J connectivity index is 1.95. The summed E-state index contributed by atoms with van der Waals surface area (Å²) in [7, 11) is 1.68. The molecule has 0 spiro atoms. The van der Waals surface area contributed by atoms with Crippen LogP contribution in [0.4, 0.5) is 4.39 Å². The number of benzene rings is 1. The first-order valence-electron chi connectivity index (χ1n) is 7.73. The highest BCUT2D eigenvalue weighted by Gasteiger charge is 2.36. The molecule has 0 aliphatic carbocycles. The number of hydrogen-bond acceptors (Lipinski definition) is 3. The molecule has 1 aliphatic heterocycles. The van der Waals surface area contributed by atoms with Gasteiger partial charge < -0.3 is 10.0 Å². The third kappa shape index (κ3) is 4.05. The molecule has 1 aromatic rings. The molecule has 122 valence electrons. The van der Waals surface area contributed by atoms with Crippen LogP contribution < -0.4 is 0 Å². The Labute approximate surface area is 131 Å². The molecule has 1 aromatic carbocycles. The van der Waals surface area contributed by atoms with Crippen molar-refractivity contribution in [3.63, 3.8) is 0 Å². The summed E-state index contributed by atoms with van der Waals surface area (Å²) in [6.07, 6.45) is 1.88. The van der Waals surface area contributed by atoms with Gasteiger partial charge in [0.05, 0.1) is 12.1 Å². The van der Waals surface area contributed by atoms with Crippen LogP contribution >= 0.6 is 0 Å². The second kappa shape index (κ2) is 6.75. The Morgan fingerprint density at radius 2 is 2.14 bits per heavy atom. The molecule has 4 nitrogen and oxygen atoms in total. The fourth-order valence-corrected chi connectivity index (χ4v) is 3.08. The van der Waals surface area contributed by atoms with Crippen molar-refractivity contribution in [3.8, 4) is 0 Å². The van der Waals surface area contributed by atoms with Gasteiger partial charge in [-0.25, -0.2) is 4.39 Å². The largest absolute Gasteiger partial charge is 0.389 e. The van der Waals surface area contributed by atoms with Crippen molar-refractivity contribution in [1.29, 1.82) is 0 Å². The molecular formula is C17H25FN2O2. The lowest BCUT2D eigenvalue weighted by molar-refractivity contribution is -0.133. The number of hydrogen-bond donors (Lipinski definition) is 1. The second-order valence-corrected chi connectivity index (χ2v) is 6.62. The van der Waals surface area contributed by atoms with E-state index in [4.69, 9.17) is 0 Å². The minimum absolute atomic E-state index is 0.00156. The average Bonchev–Trinajstić information content (AvgIpc) is 2.89. The molecule has 0 radical (unpaired) electrons. The van der Waals surface area contributed by atoms with E-state index in [0.717, 1.165) is 19.4 Å². The van der Waals surface area contributed by atoms with Crippen LogP contribution in [0.1, 0.15) is 32.3 Å². The third-order valence-corrected chi connectivity index (χ3v) is 4.31. The number of likely N-dealkylation sites (N-methyl/N-ethyl adjacent to an activating group) is 1. The number of likely N-dealkylation sites (tertiary alicyclic amines) is 1. The molecule has 5 heteroatoms. The smallest absolute Gasteiger partial charge is 0.236 e. The summed E-state index contributed by atoms with van der Waals surface area (Å²) < 4.78 is 13.7. The van der Waals surface area contributed by atoms with Crippen LogP contribution in [0.5, 0.6) is 0 Å². The summed E-state index contributed by atoms with van der Waals surface area (Å²) in [5, 5.41) is 10.2. The van der Waals surface area contributed by atoms with Crippen LogP contribution in [-0.4, -0.2) is 52.6 Å². The first-order valence-corrected chi connectivity index (χ1v) is 7.73. The van der Waals surface area contributed by atoms with Gasteiger partial charge in [-0.3, -0.25) is 9.69 Å². The van der Waals surface area contributed by atoms with E-state index in [1.807, 2.05) is 4.90 Å². The number of amides is 1. The number of carbonyl (C=O) groups excluding carboxylic acids is 1. The van der Waals surface area contributed by atoms with E-state index < -0.39 is 5.60 Å². The summed E-state index contributed by atoms with van der Waals surface area (Å²) in [4.78, 5) is 15.9. The van der Waals surface area contributed by atoms with E-state index in [1.54, 1.807) is 39.1 Å². The van der Waals surface area contributed by atoms with Gasteiger partial charge in [0.15, 0.2) is 0 Å². The van der Waals surface area contributed by atoms with E-state index in [9.17, 15) is 14.3 Å². The highest BCUT2D eigenvalue weighted by atomic mass is 19.1. The van der Waals surface area contributed by atoms with Crippen molar-refractivity contribution >= 4 is 5.91 Å². The zero-order chi connectivity index (χ0) is 16.3. The van der Waals surface area contributed by atoms with Crippen molar-refractivity contribution in [2.45, 2.75) is 44.9 Å². The normalized spacial score (nSPS) is 19.4. The lowest BCUT2D eigenvalue weighted by Crippen LogP contribution is -2.49. The number of rotatable bonds is 5. The SMILES string of the molecule is CN(Cc1ccccc1F)C(=O)CN1CCCC1C(C)(C)O. The molecule has 1 unspecified atom stereocenters. The first-order chi connectivity index (χ1) is 10.3. The zero-order valence-corrected chi connectivity index (χ0v) is 13.6. The molecule has 1 aliphatic rings. The molecule has 1 fully saturated rings. The van der Waals surface area contributed by atoms with Gasteiger partial charge >= 0.3 is 0 Å². The van der Waals surface area contributed by atoms with Crippen LogP contribution in [0.15, 0.2) is 24.3 Å². The minimum Gasteiger partial charge on any atom is -0.389 e. The fourth-order valence-electron chi connectivity index (χ4n) is 3.08. The highest BCUT2D eigenvalue weighted by molar-refractivity contribution is 5.78. The molecule has 22 heavy (non-hydrogen) atoms. The summed E-state index contributed by atoms with van der Waals surface area (Å²) in [5.41, 5.74) is -0.306. The van der Waals surface area contributed by atoms with Crippen LogP contribution in [-0.2, 0) is 11.3 Å². The van der Waals surface area contributed by atoms with Gasteiger partial charge in [0.1, 0.15) is 5.82 Å². The molecule has 0 bridgehead atoms. The van der Waals surface area contributed by atoms with Crippen molar-refractivity contribution in [2.24, 2.45) is 0 Å². The zero-order valence-electron chi connectivity index (χ0n) is 13.6. The van der Waals surface area contributed by atoms with Crippen LogP contribution in [0, 0.1) is 5.82 Å². The van der Waals surface area contributed by atoms with Crippen molar-refractivity contribution < 1.29 is 14.3 Å². The second-order valence-electron chi connectivity index (χ2n) is 6.62. The topological polar surface area (TPSA) is 43.8 Å². The van der Waals surface area contributed by atoms with Crippen molar-refractivity contribution in [3.05, 3.63) is 35.6 Å². The van der Waals surface area contributed by atoms with Gasteiger partial charge in [-0.05, 0) is 39.3 Å². The molecular weight excluding hydrogens is 283 g/mol. The molecule has 2 rings (SSSR count). The summed E-state index contributed by atoms with van der Waals surface area (Å²) in [6.45, 7) is 4.90. The van der Waals surface area contributed by atoms with Gasteiger partial charge in [-0.1, -0.05) is 18.2 Å². The summed E-state index contributed by atoms with van der Waals surface area (Å²) >= 11 is 0. The predicted octanol–water partition coefficient (Wildman–Crippen LogP) is 2.02. The molecule has 1 atom stereocenters. The van der Waals surface area contributed by atoms with Gasteiger partial charge in [0.2, 0.25) is 5.91 Å². The van der Waals surface area contributed by atoms with E-state index in [0.29, 0.717) is 5.56 Å². The molecule has 0 saturated carbocycles. The third-order valence-electron chi connectivity index (χ3n) is 4.31. The molecule has 1 saturated heterocycles. The van der Waals surface area contributed by atoms with Gasteiger partial charge in [0, 0.05) is 25.2 Å². The lowest BCUT2D eigenvalue weighted by atomic mass is 9.97. The summed E-state index contributed by atoms with van der Waals surface area (Å²) in [5.74, 6) is -0.350. The van der Waals surface area contributed by atoms with Crippen molar-refractivity contribution in [1.82, 2.24) is 9.80 Å². The van der Waals surface area contributed by atoms with Gasteiger partial charge in [-0.2, -0.15) is 0 Å². The van der Waals surface area contributed by atoms with Crippen LogP contribution in [0.2, 0.25) is 0 Å². The maximum Gasteiger partial charge on any atom is 0.236 e. The van der Waals surface area contributed by atoms with Gasteiger partial charge in [-0.15, -0.1) is 0 Å². The van der Waals surface area contributed by atoms with Gasteiger partial charge in [0.25, 0.3) is 0 Å². The molecule has 0 aromatic heterocycles. The maximum atomic E-state index is 13.7. The van der Waals surface area contributed by atoms with Crippen LogP contribution in [0.25, 0.3) is 0 Å². The Morgan fingerprint density at radius 3 is 2.77 bits per heavy atom. The standard InChI is InChI=1S/C17H25FN2O2/c1-17(2,22)15-9-6-10-20(15)12-16(21)19(3)11-13-7-4-5-8-14(13)18/h4-5,7-8,15,22H,6,9-12H2,1-3H3. The predicted molar refractivity (Wildman–Crippen MR) is 83.8 cm³/mol. The minimum atomic E-state index is -0.819. The Bertz CT molecular complexity index is 528. The molecule has 1 amide bonds. The maximum absolute atomic E-state index is 13.7. The number of nitrogens with zero attached hydrogens (tertiary/aromatic N) is 2. The van der Waals surface area contributed by atoms with Crippen molar-refractivity contribution in [2.75, 3.05) is 20.1 Å².